The molecule has 1 amide bonds. The molecule has 1 aromatic carbocycles. The monoisotopic (exact) mass is 337 g/mol. The zero-order valence-electron chi connectivity index (χ0n) is 9.88. The number of nitrogens with zero attached hydrogens (tertiary/aromatic N) is 1. The zero-order valence-corrected chi connectivity index (χ0v) is 11.5. The number of H-pyrrole nitrogens is 1. The number of hydrogen-bond donors (Lipinski definition) is 3. The Morgan fingerprint density at radius 1 is 1.25 bits per heavy atom. The summed E-state index contributed by atoms with van der Waals surface area (Å²) in [5.41, 5.74) is -0.0661. The third-order valence-electron chi connectivity index (χ3n) is 2.37. The van der Waals surface area contributed by atoms with Crippen molar-refractivity contribution in [2.75, 3.05) is 5.32 Å². The molecule has 0 saturated heterocycles. The van der Waals surface area contributed by atoms with Crippen molar-refractivity contribution in [1.82, 2.24) is 10.2 Å². The van der Waals surface area contributed by atoms with Crippen LogP contribution in [-0.2, 0) is 0 Å². The van der Waals surface area contributed by atoms with Gasteiger partial charge < -0.3 is 10.4 Å². The molecule has 7 nitrogen and oxygen atoms in total. The highest BCUT2D eigenvalue weighted by molar-refractivity contribution is 9.10. The molecule has 0 aliphatic carbocycles. The van der Waals surface area contributed by atoms with Crippen LogP contribution < -0.4 is 10.9 Å². The zero-order chi connectivity index (χ0) is 14.7. The molecule has 0 aliphatic rings. The fourth-order valence-electron chi connectivity index (χ4n) is 1.43. The van der Waals surface area contributed by atoms with Crippen molar-refractivity contribution in [2.45, 2.75) is 0 Å². The Balaban J connectivity index is 2.24. The van der Waals surface area contributed by atoms with Gasteiger partial charge in [0.1, 0.15) is 5.69 Å². The molecule has 1 heterocycles. The van der Waals surface area contributed by atoms with Crippen LogP contribution >= 0.6 is 15.9 Å². The lowest BCUT2D eigenvalue weighted by atomic mass is 10.2. The molecule has 102 valence electrons. The van der Waals surface area contributed by atoms with Gasteiger partial charge in [0.25, 0.3) is 11.5 Å². The molecule has 1 aromatic heterocycles. The number of carboxylic acids is 1. The van der Waals surface area contributed by atoms with Crippen molar-refractivity contribution < 1.29 is 14.7 Å². The quantitative estimate of drug-likeness (QED) is 0.785. The van der Waals surface area contributed by atoms with E-state index in [0.29, 0.717) is 10.2 Å². The van der Waals surface area contributed by atoms with E-state index in [2.05, 4.69) is 31.4 Å². The van der Waals surface area contributed by atoms with E-state index < -0.39 is 17.4 Å². The lowest BCUT2D eigenvalue weighted by Gasteiger charge is -2.06. The van der Waals surface area contributed by atoms with Crippen LogP contribution in [0.3, 0.4) is 0 Å². The number of carboxylic acid groups (broad SMARTS) is 1. The molecule has 20 heavy (non-hydrogen) atoms. The lowest BCUT2D eigenvalue weighted by molar-refractivity contribution is 0.0695. The summed E-state index contributed by atoms with van der Waals surface area (Å²) >= 11 is 3.10. The molecule has 2 rings (SSSR count). The molecule has 2 aromatic rings. The average Bonchev–Trinajstić information content (AvgIpc) is 2.41. The first-order valence-electron chi connectivity index (χ1n) is 5.37. The van der Waals surface area contributed by atoms with Crippen LogP contribution in [0.2, 0.25) is 0 Å². The van der Waals surface area contributed by atoms with Crippen molar-refractivity contribution >= 4 is 33.5 Å². The lowest BCUT2D eigenvalue weighted by Crippen LogP contribution is -2.17. The first-order chi connectivity index (χ1) is 9.47. The van der Waals surface area contributed by atoms with Gasteiger partial charge in [0.05, 0.1) is 5.56 Å². The van der Waals surface area contributed by atoms with Crippen LogP contribution in [0.1, 0.15) is 20.8 Å². The van der Waals surface area contributed by atoms with Gasteiger partial charge in [-0.15, -0.1) is 0 Å². The number of rotatable bonds is 3. The Hall–Kier alpha value is -2.48. The van der Waals surface area contributed by atoms with Crippen LogP contribution in [0.25, 0.3) is 0 Å². The largest absolute Gasteiger partial charge is 0.478 e. The standard InChI is InChI=1S/C12H8BrN3O4/c13-8-2-1-6(5-7(8)12(19)20)14-11(18)9-3-4-10(17)16-15-9/h1-5H,(H,14,18)(H,16,17)(H,19,20). The fourth-order valence-corrected chi connectivity index (χ4v) is 1.85. The van der Waals surface area contributed by atoms with Gasteiger partial charge in [-0.1, -0.05) is 0 Å². The minimum atomic E-state index is -1.12. The molecular weight excluding hydrogens is 330 g/mol. The van der Waals surface area contributed by atoms with Crippen LogP contribution in [0.4, 0.5) is 5.69 Å². The van der Waals surface area contributed by atoms with E-state index in [1.54, 1.807) is 6.07 Å². The number of aromatic amines is 1. The highest BCUT2D eigenvalue weighted by Crippen LogP contribution is 2.21. The van der Waals surface area contributed by atoms with Crippen LogP contribution in [-0.4, -0.2) is 27.2 Å². The van der Waals surface area contributed by atoms with Crippen LogP contribution in [0.15, 0.2) is 39.6 Å². The van der Waals surface area contributed by atoms with Crippen molar-refractivity contribution in [2.24, 2.45) is 0 Å². The number of aromatic carboxylic acids is 1. The van der Waals surface area contributed by atoms with E-state index >= 15 is 0 Å². The van der Waals surface area contributed by atoms with Gasteiger partial charge in [0, 0.05) is 16.2 Å². The smallest absolute Gasteiger partial charge is 0.336 e. The van der Waals surface area contributed by atoms with Crippen molar-refractivity contribution in [3.63, 3.8) is 0 Å². The highest BCUT2D eigenvalue weighted by Gasteiger charge is 2.12. The molecule has 0 saturated carbocycles. The van der Waals surface area contributed by atoms with Gasteiger partial charge in [-0.2, -0.15) is 5.10 Å². The Bertz CT molecular complexity index is 721. The van der Waals surface area contributed by atoms with Gasteiger partial charge in [0.2, 0.25) is 0 Å². The topological polar surface area (TPSA) is 112 Å². The predicted molar refractivity (Wildman–Crippen MR) is 73.9 cm³/mol. The van der Waals surface area contributed by atoms with Crippen molar-refractivity contribution in [1.29, 1.82) is 0 Å². The summed E-state index contributed by atoms with van der Waals surface area (Å²) < 4.78 is 0.408. The third-order valence-corrected chi connectivity index (χ3v) is 3.06. The van der Waals surface area contributed by atoms with Crippen LogP contribution in [0, 0.1) is 0 Å². The van der Waals surface area contributed by atoms with E-state index in [0.717, 1.165) is 0 Å². The minimum Gasteiger partial charge on any atom is -0.478 e. The first kappa shape index (κ1) is 13.9. The summed E-state index contributed by atoms with van der Waals surface area (Å²) in [5, 5.41) is 17.2. The fraction of sp³-hybridized carbons (Fsp3) is 0. The first-order valence-corrected chi connectivity index (χ1v) is 6.16. The molecule has 0 atom stereocenters. The summed E-state index contributed by atoms with van der Waals surface area (Å²) in [5.74, 6) is -1.67. The summed E-state index contributed by atoms with van der Waals surface area (Å²) in [7, 11) is 0. The number of benzene rings is 1. The Morgan fingerprint density at radius 2 is 2.00 bits per heavy atom. The van der Waals surface area contributed by atoms with Gasteiger partial charge in [0.15, 0.2) is 0 Å². The summed E-state index contributed by atoms with van der Waals surface area (Å²) in [6.07, 6.45) is 0. The number of hydrogen-bond acceptors (Lipinski definition) is 4. The van der Waals surface area contributed by atoms with Gasteiger partial charge in [-0.25, -0.2) is 9.89 Å². The molecule has 0 bridgehead atoms. The van der Waals surface area contributed by atoms with Crippen LogP contribution in [0.5, 0.6) is 0 Å². The molecule has 0 spiro atoms. The molecule has 8 heteroatoms. The van der Waals surface area contributed by atoms with E-state index in [1.807, 2.05) is 0 Å². The minimum absolute atomic E-state index is 0.0180. The Kier molecular flexibility index (Phi) is 3.94. The molecular formula is C12H8BrN3O4. The van der Waals surface area contributed by atoms with E-state index in [4.69, 9.17) is 5.11 Å². The Morgan fingerprint density at radius 3 is 2.60 bits per heavy atom. The summed E-state index contributed by atoms with van der Waals surface area (Å²) in [4.78, 5) is 33.6. The number of halogens is 1. The van der Waals surface area contributed by atoms with E-state index in [9.17, 15) is 14.4 Å². The predicted octanol–water partition coefficient (Wildman–Crippen LogP) is 1.48. The second-order valence-electron chi connectivity index (χ2n) is 3.76. The number of aromatic nitrogens is 2. The molecule has 0 fully saturated rings. The van der Waals surface area contributed by atoms with Gasteiger partial charge >= 0.3 is 5.97 Å². The maximum Gasteiger partial charge on any atom is 0.336 e. The molecule has 0 radical (unpaired) electrons. The molecule has 0 aliphatic heterocycles. The number of carbonyl (C=O) groups excluding carboxylic acids is 1. The number of anilines is 1. The normalized spacial score (nSPS) is 10.1. The summed E-state index contributed by atoms with van der Waals surface area (Å²) in [6, 6.07) is 6.81. The number of amides is 1. The van der Waals surface area contributed by atoms with Gasteiger partial charge in [-0.05, 0) is 40.2 Å². The summed E-state index contributed by atoms with van der Waals surface area (Å²) in [6.45, 7) is 0. The van der Waals surface area contributed by atoms with E-state index in [1.165, 1.54) is 24.3 Å². The number of carbonyl (C=O) groups is 2. The molecule has 0 unspecified atom stereocenters. The average molecular weight is 338 g/mol. The van der Waals surface area contributed by atoms with Gasteiger partial charge in [-0.3, -0.25) is 9.59 Å². The van der Waals surface area contributed by atoms with Crippen molar-refractivity contribution in [3.05, 3.63) is 56.4 Å². The van der Waals surface area contributed by atoms with Crippen molar-refractivity contribution in [3.8, 4) is 0 Å². The second kappa shape index (κ2) is 5.66. The number of nitrogens with one attached hydrogen (secondary N) is 2. The molecule has 3 N–H and O–H groups in total. The maximum atomic E-state index is 11.8. The maximum absolute atomic E-state index is 11.8. The Labute approximate surface area is 120 Å². The third kappa shape index (κ3) is 3.09. The second-order valence-corrected chi connectivity index (χ2v) is 4.61. The highest BCUT2D eigenvalue weighted by atomic mass is 79.9. The van der Waals surface area contributed by atoms with E-state index in [-0.39, 0.29) is 11.3 Å². The SMILES string of the molecule is O=C(Nc1ccc(Br)c(C(=O)O)c1)c1ccc(=O)[nH]n1.